The Balaban J connectivity index is 2.04. The van der Waals surface area contributed by atoms with Crippen LogP contribution in [0, 0.1) is 0 Å². The minimum Gasteiger partial charge on any atom is -0.493 e. The highest BCUT2D eigenvalue weighted by molar-refractivity contribution is 9.10. The summed E-state index contributed by atoms with van der Waals surface area (Å²) in [6.45, 7) is 1.84. The summed E-state index contributed by atoms with van der Waals surface area (Å²) in [5, 5.41) is 3.12. The third kappa shape index (κ3) is 4.82. The third-order valence-electron chi connectivity index (χ3n) is 3.22. The monoisotopic (exact) mass is 429 g/mol. The molecule has 0 aliphatic heterocycles. The molecule has 0 aliphatic carbocycles. The Morgan fingerprint density at radius 2 is 1.88 bits per heavy atom. The number of rotatable bonds is 6. The maximum Gasteiger partial charge on any atom is 0.237 e. The number of hydrogen-bond acceptors (Lipinski definition) is 4. The normalized spacial score (nSPS) is 11.7. The van der Waals surface area contributed by atoms with E-state index in [1.807, 2.05) is 25.1 Å². The topological polar surface area (TPSA) is 47.6 Å². The molecule has 128 valence electrons. The van der Waals surface area contributed by atoms with Crippen molar-refractivity contribution in [2.75, 3.05) is 19.5 Å². The lowest BCUT2D eigenvalue weighted by molar-refractivity contribution is -0.115. The maximum absolute atomic E-state index is 12.3. The summed E-state index contributed by atoms with van der Waals surface area (Å²) >= 11 is 10.8. The molecule has 0 spiro atoms. The molecular weight excluding hydrogens is 414 g/mol. The summed E-state index contributed by atoms with van der Waals surface area (Å²) in [6.07, 6.45) is 0. The van der Waals surface area contributed by atoms with Crippen LogP contribution in [-0.2, 0) is 4.79 Å². The maximum atomic E-state index is 12.3. The number of carbonyl (C=O) groups is 1. The molecular formula is C17H17BrClNO3S. The SMILES string of the molecule is COc1ccc(S[C@H](C)C(=O)Nc2ccc(Br)c(Cl)c2)cc1OC. The van der Waals surface area contributed by atoms with Crippen molar-refractivity contribution in [2.45, 2.75) is 17.1 Å². The molecule has 2 rings (SSSR count). The zero-order valence-electron chi connectivity index (χ0n) is 13.4. The fourth-order valence-corrected chi connectivity index (χ4v) is 3.29. The van der Waals surface area contributed by atoms with E-state index in [2.05, 4.69) is 21.2 Å². The molecule has 2 aromatic rings. The molecule has 7 heteroatoms. The van der Waals surface area contributed by atoms with Gasteiger partial charge in [-0.3, -0.25) is 4.79 Å². The molecule has 0 unspecified atom stereocenters. The van der Waals surface area contributed by atoms with E-state index in [1.165, 1.54) is 11.8 Å². The number of carbonyl (C=O) groups excluding carboxylic acids is 1. The highest BCUT2D eigenvalue weighted by Gasteiger charge is 2.16. The molecule has 0 heterocycles. The highest BCUT2D eigenvalue weighted by Crippen LogP contribution is 2.34. The van der Waals surface area contributed by atoms with Crippen LogP contribution in [0.5, 0.6) is 11.5 Å². The largest absolute Gasteiger partial charge is 0.493 e. The third-order valence-corrected chi connectivity index (χ3v) is 5.55. The quantitative estimate of drug-likeness (QED) is 0.637. The van der Waals surface area contributed by atoms with Crippen LogP contribution in [0.15, 0.2) is 45.8 Å². The van der Waals surface area contributed by atoms with Crippen LogP contribution in [0.2, 0.25) is 5.02 Å². The lowest BCUT2D eigenvalue weighted by atomic mass is 10.3. The van der Waals surface area contributed by atoms with Gasteiger partial charge in [0.1, 0.15) is 0 Å². The molecule has 0 aliphatic rings. The van der Waals surface area contributed by atoms with E-state index >= 15 is 0 Å². The molecule has 0 aromatic heterocycles. The van der Waals surface area contributed by atoms with E-state index in [1.54, 1.807) is 32.4 Å². The Labute approximate surface area is 159 Å². The summed E-state index contributed by atoms with van der Waals surface area (Å²) in [5.74, 6) is 1.19. The standard InChI is InChI=1S/C17H17BrClNO3S/c1-10(17(21)20-11-4-6-13(18)14(19)8-11)24-12-5-7-15(22-2)16(9-12)23-3/h4-10H,1-3H3,(H,20,21)/t10-/m1/s1. The van der Waals surface area contributed by atoms with E-state index in [0.29, 0.717) is 22.2 Å². The zero-order chi connectivity index (χ0) is 17.7. The molecule has 1 amide bonds. The molecule has 0 saturated heterocycles. The van der Waals surface area contributed by atoms with Crippen molar-refractivity contribution in [3.05, 3.63) is 45.9 Å². The highest BCUT2D eigenvalue weighted by atomic mass is 79.9. The number of halogens is 2. The Kier molecular flexibility index (Phi) is 6.83. The predicted molar refractivity (Wildman–Crippen MR) is 103 cm³/mol. The average Bonchev–Trinajstić information content (AvgIpc) is 2.57. The van der Waals surface area contributed by atoms with Crippen LogP contribution < -0.4 is 14.8 Å². The number of thioether (sulfide) groups is 1. The minimum absolute atomic E-state index is 0.104. The van der Waals surface area contributed by atoms with Crippen LogP contribution in [0.25, 0.3) is 0 Å². The Morgan fingerprint density at radius 3 is 2.50 bits per heavy atom. The molecule has 0 fully saturated rings. The molecule has 2 aromatic carbocycles. The van der Waals surface area contributed by atoms with Gasteiger partial charge in [-0.15, -0.1) is 11.8 Å². The number of anilines is 1. The fraction of sp³-hybridized carbons (Fsp3) is 0.235. The zero-order valence-corrected chi connectivity index (χ0v) is 16.6. The Morgan fingerprint density at radius 1 is 1.17 bits per heavy atom. The van der Waals surface area contributed by atoms with E-state index in [-0.39, 0.29) is 11.2 Å². The first kappa shape index (κ1) is 19.0. The summed E-state index contributed by atoms with van der Waals surface area (Å²) in [5.41, 5.74) is 0.660. The van der Waals surface area contributed by atoms with Crippen LogP contribution in [0.3, 0.4) is 0 Å². The van der Waals surface area contributed by atoms with E-state index in [9.17, 15) is 4.79 Å². The molecule has 0 bridgehead atoms. The van der Waals surface area contributed by atoms with Gasteiger partial charge in [-0.2, -0.15) is 0 Å². The first-order valence-electron chi connectivity index (χ1n) is 7.09. The van der Waals surface area contributed by atoms with Gasteiger partial charge in [0.2, 0.25) is 5.91 Å². The number of nitrogens with one attached hydrogen (secondary N) is 1. The second-order valence-electron chi connectivity index (χ2n) is 4.90. The molecule has 1 atom stereocenters. The first-order valence-corrected chi connectivity index (χ1v) is 9.14. The second kappa shape index (κ2) is 8.65. The van der Waals surface area contributed by atoms with Gasteiger partial charge in [-0.25, -0.2) is 0 Å². The van der Waals surface area contributed by atoms with Crippen molar-refractivity contribution in [3.63, 3.8) is 0 Å². The number of methoxy groups -OCH3 is 2. The van der Waals surface area contributed by atoms with Gasteiger partial charge in [0, 0.05) is 15.1 Å². The Hall–Kier alpha value is -1.37. The molecule has 0 radical (unpaired) electrons. The number of hydrogen-bond donors (Lipinski definition) is 1. The van der Waals surface area contributed by atoms with Crippen molar-refractivity contribution in [3.8, 4) is 11.5 Å². The number of benzene rings is 2. The molecule has 4 nitrogen and oxygen atoms in total. The van der Waals surface area contributed by atoms with Crippen molar-refractivity contribution in [2.24, 2.45) is 0 Å². The fourth-order valence-electron chi connectivity index (χ4n) is 1.97. The van der Waals surface area contributed by atoms with E-state index in [4.69, 9.17) is 21.1 Å². The van der Waals surface area contributed by atoms with Gasteiger partial charge in [-0.05, 0) is 59.3 Å². The van der Waals surface area contributed by atoms with Gasteiger partial charge >= 0.3 is 0 Å². The van der Waals surface area contributed by atoms with Crippen LogP contribution in [-0.4, -0.2) is 25.4 Å². The summed E-state index contributed by atoms with van der Waals surface area (Å²) in [4.78, 5) is 13.3. The first-order chi connectivity index (χ1) is 11.4. The van der Waals surface area contributed by atoms with Crippen LogP contribution in [0.1, 0.15) is 6.92 Å². The summed E-state index contributed by atoms with van der Waals surface area (Å²) in [6, 6.07) is 10.9. The minimum atomic E-state index is -0.287. The van der Waals surface area contributed by atoms with Crippen LogP contribution in [0.4, 0.5) is 5.69 Å². The summed E-state index contributed by atoms with van der Waals surface area (Å²) in [7, 11) is 3.17. The molecule has 24 heavy (non-hydrogen) atoms. The van der Waals surface area contributed by atoms with Crippen LogP contribution >= 0.6 is 39.3 Å². The van der Waals surface area contributed by atoms with Gasteiger partial charge in [-0.1, -0.05) is 11.6 Å². The Bertz CT molecular complexity index is 742. The predicted octanol–water partition coefficient (Wildman–Crippen LogP) is 5.24. The van der Waals surface area contributed by atoms with Crippen molar-refractivity contribution >= 4 is 50.9 Å². The smallest absolute Gasteiger partial charge is 0.237 e. The van der Waals surface area contributed by atoms with Gasteiger partial charge in [0.05, 0.1) is 24.5 Å². The summed E-state index contributed by atoms with van der Waals surface area (Å²) < 4.78 is 11.3. The average molecular weight is 431 g/mol. The van der Waals surface area contributed by atoms with Gasteiger partial charge in [0.25, 0.3) is 0 Å². The second-order valence-corrected chi connectivity index (χ2v) is 7.57. The number of ether oxygens (including phenoxy) is 2. The molecule has 1 N–H and O–H groups in total. The van der Waals surface area contributed by atoms with Crippen molar-refractivity contribution in [1.29, 1.82) is 0 Å². The van der Waals surface area contributed by atoms with E-state index < -0.39 is 0 Å². The van der Waals surface area contributed by atoms with E-state index in [0.717, 1.165) is 9.37 Å². The number of amides is 1. The molecule has 0 saturated carbocycles. The van der Waals surface area contributed by atoms with Crippen molar-refractivity contribution < 1.29 is 14.3 Å². The van der Waals surface area contributed by atoms with Gasteiger partial charge in [0.15, 0.2) is 11.5 Å². The van der Waals surface area contributed by atoms with Gasteiger partial charge < -0.3 is 14.8 Å². The van der Waals surface area contributed by atoms with Crippen molar-refractivity contribution in [1.82, 2.24) is 0 Å². The lowest BCUT2D eigenvalue weighted by Crippen LogP contribution is -2.22. The lowest BCUT2D eigenvalue weighted by Gasteiger charge is -2.14.